The summed E-state index contributed by atoms with van der Waals surface area (Å²) in [6, 6.07) is 9.92. The molecule has 2 aliphatic heterocycles. The Balaban J connectivity index is 1.60. The standard InChI is InChI=1S/C26H29N3O3S2/c1-5-32-25(31)23-18(4)28-26-29(24(23)21-9-8-16(2)13-17(21)3)19(15-34-26)14-22(30)27-11-10-20-7-6-12-33-20/h6-9,12-13,15,24H,5,10-11,14H2,1-4H3,(H,27,30)/t24-/m1/s1. The lowest BCUT2D eigenvalue weighted by molar-refractivity contribution is -0.139. The molecule has 2 aliphatic rings. The molecule has 0 fully saturated rings. The first-order valence-corrected chi connectivity index (χ1v) is 13.1. The summed E-state index contributed by atoms with van der Waals surface area (Å²) < 4.78 is 5.42. The van der Waals surface area contributed by atoms with Crippen LogP contribution in [0.3, 0.4) is 0 Å². The molecular formula is C26H29N3O3S2. The van der Waals surface area contributed by atoms with Gasteiger partial charge in [-0.3, -0.25) is 4.79 Å². The number of thioether (sulfide) groups is 1. The van der Waals surface area contributed by atoms with Crippen molar-refractivity contribution in [2.45, 2.75) is 46.6 Å². The number of thiophene rings is 1. The van der Waals surface area contributed by atoms with Crippen LogP contribution in [-0.2, 0) is 20.7 Å². The third kappa shape index (κ3) is 5.13. The SMILES string of the molecule is CCOC(=O)C1=C(C)N=C2SC=C(CC(=O)NCCc3cccs3)N2[C@@H]1c1ccc(C)cc1C. The van der Waals surface area contributed by atoms with Crippen molar-refractivity contribution >= 4 is 40.1 Å². The van der Waals surface area contributed by atoms with Crippen LogP contribution in [0.2, 0.25) is 0 Å². The Morgan fingerprint density at radius 1 is 1.21 bits per heavy atom. The fourth-order valence-corrected chi connectivity index (χ4v) is 5.95. The minimum atomic E-state index is -0.396. The monoisotopic (exact) mass is 495 g/mol. The minimum Gasteiger partial charge on any atom is -0.463 e. The first-order chi connectivity index (χ1) is 16.4. The summed E-state index contributed by atoms with van der Waals surface area (Å²) >= 11 is 3.18. The number of esters is 1. The van der Waals surface area contributed by atoms with Crippen LogP contribution in [0.4, 0.5) is 0 Å². The van der Waals surface area contributed by atoms with E-state index in [1.807, 2.05) is 28.7 Å². The second-order valence-electron chi connectivity index (χ2n) is 8.33. The Bertz CT molecular complexity index is 1180. The Morgan fingerprint density at radius 3 is 2.74 bits per heavy atom. The molecule has 0 saturated carbocycles. The summed E-state index contributed by atoms with van der Waals surface area (Å²) in [5.74, 6) is -0.419. The number of hydrogen-bond acceptors (Lipinski definition) is 7. The highest BCUT2D eigenvalue weighted by Gasteiger charge is 2.41. The maximum atomic E-state index is 13.1. The van der Waals surface area contributed by atoms with Crippen molar-refractivity contribution < 1.29 is 14.3 Å². The second kappa shape index (κ2) is 10.6. The largest absolute Gasteiger partial charge is 0.463 e. The van der Waals surface area contributed by atoms with E-state index in [2.05, 4.69) is 43.4 Å². The first kappa shape index (κ1) is 24.3. The van der Waals surface area contributed by atoms with E-state index in [4.69, 9.17) is 9.73 Å². The van der Waals surface area contributed by atoms with Crippen molar-refractivity contribution in [2.24, 2.45) is 4.99 Å². The maximum Gasteiger partial charge on any atom is 0.338 e. The molecule has 4 rings (SSSR count). The normalized spacial score (nSPS) is 17.3. The molecule has 178 valence electrons. The summed E-state index contributed by atoms with van der Waals surface area (Å²) in [5.41, 5.74) is 5.24. The number of hydrogen-bond donors (Lipinski definition) is 1. The van der Waals surface area contributed by atoms with Gasteiger partial charge in [0, 0.05) is 17.1 Å². The van der Waals surface area contributed by atoms with Crippen LogP contribution in [0.15, 0.2) is 63.1 Å². The van der Waals surface area contributed by atoms with Crippen molar-refractivity contribution in [3.63, 3.8) is 0 Å². The number of ether oxygens (including phenoxy) is 1. The van der Waals surface area contributed by atoms with E-state index in [9.17, 15) is 9.59 Å². The summed E-state index contributed by atoms with van der Waals surface area (Å²) in [5, 5.41) is 7.81. The van der Waals surface area contributed by atoms with E-state index in [-0.39, 0.29) is 24.9 Å². The third-order valence-electron chi connectivity index (χ3n) is 5.83. The zero-order valence-corrected chi connectivity index (χ0v) is 21.5. The van der Waals surface area contributed by atoms with Crippen molar-refractivity contribution in [3.8, 4) is 0 Å². The third-order valence-corrected chi connectivity index (χ3v) is 7.66. The zero-order valence-electron chi connectivity index (χ0n) is 19.9. The number of nitrogens with zero attached hydrogens (tertiary/aromatic N) is 2. The van der Waals surface area contributed by atoms with Gasteiger partial charge in [0.1, 0.15) is 0 Å². The molecule has 1 amide bonds. The highest BCUT2D eigenvalue weighted by atomic mass is 32.2. The topological polar surface area (TPSA) is 71.0 Å². The lowest BCUT2D eigenvalue weighted by Crippen LogP contribution is -2.38. The number of carbonyl (C=O) groups is 2. The molecule has 2 aromatic rings. The zero-order chi connectivity index (χ0) is 24.2. The van der Waals surface area contributed by atoms with E-state index >= 15 is 0 Å². The van der Waals surface area contributed by atoms with Crippen molar-refractivity contribution in [3.05, 3.63) is 79.7 Å². The lowest BCUT2D eigenvalue weighted by atomic mass is 9.90. The van der Waals surface area contributed by atoms with Gasteiger partial charge in [-0.25, -0.2) is 9.79 Å². The van der Waals surface area contributed by atoms with Crippen LogP contribution in [0.5, 0.6) is 0 Å². The van der Waals surface area contributed by atoms with E-state index in [0.717, 1.165) is 34.0 Å². The maximum absolute atomic E-state index is 13.1. The summed E-state index contributed by atoms with van der Waals surface area (Å²) in [6.07, 6.45) is 1.03. The van der Waals surface area contributed by atoms with E-state index in [1.54, 1.807) is 18.3 Å². The highest BCUT2D eigenvalue weighted by Crippen LogP contribution is 2.45. The van der Waals surface area contributed by atoms with Gasteiger partial charge in [0.15, 0.2) is 5.17 Å². The van der Waals surface area contributed by atoms with Gasteiger partial charge >= 0.3 is 5.97 Å². The number of carbonyl (C=O) groups excluding carboxylic acids is 2. The van der Waals surface area contributed by atoms with Crippen molar-refractivity contribution in [2.75, 3.05) is 13.2 Å². The van der Waals surface area contributed by atoms with Crippen LogP contribution >= 0.6 is 23.1 Å². The predicted molar refractivity (Wildman–Crippen MR) is 139 cm³/mol. The van der Waals surface area contributed by atoms with Gasteiger partial charge in [-0.15, -0.1) is 11.3 Å². The average molecular weight is 496 g/mol. The van der Waals surface area contributed by atoms with Crippen LogP contribution in [-0.4, -0.2) is 35.1 Å². The van der Waals surface area contributed by atoms with E-state index < -0.39 is 6.04 Å². The van der Waals surface area contributed by atoms with Gasteiger partial charge in [0.05, 0.1) is 30.3 Å². The molecule has 0 radical (unpaired) electrons. The van der Waals surface area contributed by atoms with Crippen LogP contribution in [0.1, 0.15) is 47.9 Å². The van der Waals surface area contributed by atoms with Crippen LogP contribution in [0.25, 0.3) is 0 Å². The van der Waals surface area contributed by atoms with E-state index in [0.29, 0.717) is 17.8 Å². The lowest BCUT2D eigenvalue weighted by Gasteiger charge is -2.37. The molecule has 1 N–H and O–H groups in total. The molecule has 0 bridgehead atoms. The Labute approximate surface area is 208 Å². The van der Waals surface area contributed by atoms with Gasteiger partial charge in [0.25, 0.3) is 0 Å². The average Bonchev–Trinajstić information content (AvgIpc) is 3.43. The Hall–Kier alpha value is -2.84. The molecule has 1 aromatic carbocycles. The number of nitrogens with one attached hydrogen (secondary N) is 1. The second-order valence-corrected chi connectivity index (χ2v) is 10.2. The van der Waals surface area contributed by atoms with Gasteiger partial charge < -0.3 is 15.0 Å². The van der Waals surface area contributed by atoms with Gasteiger partial charge in [0.2, 0.25) is 5.91 Å². The number of benzene rings is 1. The Morgan fingerprint density at radius 2 is 2.03 bits per heavy atom. The predicted octanol–water partition coefficient (Wildman–Crippen LogP) is 5.25. The minimum absolute atomic E-state index is 0.0482. The summed E-state index contributed by atoms with van der Waals surface area (Å²) in [4.78, 5) is 33.9. The number of amidine groups is 1. The van der Waals surface area contributed by atoms with E-state index in [1.165, 1.54) is 16.6 Å². The number of rotatable bonds is 8. The fourth-order valence-electron chi connectivity index (χ4n) is 4.27. The number of aliphatic imine (C=N–C) groups is 1. The molecule has 1 aromatic heterocycles. The van der Waals surface area contributed by atoms with Crippen molar-refractivity contribution in [1.82, 2.24) is 10.2 Å². The van der Waals surface area contributed by atoms with Crippen LogP contribution in [0, 0.1) is 13.8 Å². The first-order valence-electron chi connectivity index (χ1n) is 11.4. The molecule has 1 atom stereocenters. The molecule has 6 nitrogen and oxygen atoms in total. The van der Waals surface area contributed by atoms with Gasteiger partial charge in [-0.2, -0.15) is 0 Å². The Kier molecular flexibility index (Phi) is 7.58. The molecule has 8 heteroatoms. The molecular weight excluding hydrogens is 466 g/mol. The summed E-state index contributed by atoms with van der Waals surface area (Å²) in [7, 11) is 0. The number of allylic oxidation sites excluding steroid dienone is 1. The molecule has 0 unspecified atom stereocenters. The summed E-state index contributed by atoms with van der Waals surface area (Å²) in [6.45, 7) is 8.63. The molecule has 0 saturated heterocycles. The fraction of sp³-hybridized carbons (Fsp3) is 0.346. The molecule has 3 heterocycles. The number of amides is 1. The van der Waals surface area contributed by atoms with Gasteiger partial charge in [-0.05, 0) is 62.1 Å². The molecule has 0 spiro atoms. The van der Waals surface area contributed by atoms with Crippen molar-refractivity contribution in [1.29, 1.82) is 0 Å². The molecule has 0 aliphatic carbocycles. The highest BCUT2D eigenvalue weighted by molar-refractivity contribution is 8.16. The number of aryl methyl sites for hydroxylation is 2. The number of fused-ring (bicyclic) bond motifs is 1. The van der Waals surface area contributed by atoms with Gasteiger partial charge in [-0.1, -0.05) is 41.6 Å². The smallest absolute Gasteiger partial charge is 0.338 e. The quantitative estimate of drug-likeness (QED) is 0.507. The molecule has 34 heavy (non-hydrogen) atoms. The van der Waals surface area contributed by atoms with Crippen LogP contribution < -0.4 is 5.32 Å².